The average molecular weight is 289 g/mol. The highest BCUT2D eigenvalue weighted by atomic mass is 15.2. The highest BCUT2D eigenvalue weighted by Gasteiger charge is 2.26. The van der Waals surface area contributed by atoms with Crippen LogP contribution in [0.5, 0.6) is 0 Å². The molecule has 0 spiro atoms. The molecular weight excluding hydrogens is 258 g/mol. The van der Waals surface area contributed by atoms with Crippen molar-refractivity contribution in [1.29, 1.82) is 0 Å². The first-order chi connectivity index (χ1) is 10.2. The van der Waals surface area contributed by atoms with Crippen molar-refractivity contribution in [1.82, 2.24) is 15.2 Å². The maximum Gasteiger partial charge on any atom is 0.0547 e. The van der Waals surface area contributed by atoms with E-state index in [2.05, 4.69) is 54.3 Å². The first-order valence-electron chi connectivity index (χ1n) is 8.57. The van der Waals surface area contributed by atoms with Gasteiger partial charge in [0.25, 0.3) is 0 Å². The van der Waals surface area contributed by atoms with Gasteiger partial charge in [-0.25, -0.2) is 0 Å². The summed E-state index contributed by atoms with van der Waals surface area (Å²) in [6, 6.07) is 7.62. The van der Waals surface area contributed by atoms with Gasteiger partial charge in [0.1, 0.15) is 0 Å². The maximum absolute atomic E-state index is 4.66. The highest BCUT2D eigenvalue weighted by molar-refractivity contribution is 5.10. The van der Waals surface area contributed by atoms with E-state index in [0.717, 1.165) is 18.8 Å². The molecule has 2 unspecified atom stereocenters. The van der Waals surface area contributed by atoms with E-state index in [1.54, 1.807) is 0 Å². The zero-order valence-electron chi connectivity index (χ0n) is 13.9. The zero-order valence-corrected chi connectivity index (χ0v) is 13.9. The van der Waals surface area contributed by atoms with Gasteiger partial charge in [-0.05, 0) is 51.9 Å². The van der Waals surface area contributed by atoms with Gasteiger partial charge in [-0.3, -0.25) is 9.88 Å². The zero-order chi connectivity index (χ0) is 15.1. The Bertz CT molecular complexity index is 419. The molecule has 1 heterocycles. The predicted octanol–water partition coefficient (Wildman–Crippen LogP) is 3.52. The molecule has 3 nitrogen and oxygen atoms in total. The van der Waals surface area contributed by atoms with Crippen molar-refractivity contribution < 1.29 is 0 Å². The topological polar surface area (TPSA) is 28.2 Å². The van der Waals surface area contributed by atoms with Gasteiger partial charge in [-0.1, -0.05) is 32.3 Å². The second-order valence-electron chi connectivity index (χ2n) is 6.45. The van der Waals surface area contributed by atoms with Crippen molar-refractivity contribution in [2.45, 2.75) is 71.0 Å². The minimum atomic E-state index is 0.640. The molecule has 1 N–H and O–H groups in total. The fourth-order valence-electron chi connectivity index (χ4n) is 3.44. The second-order valence-corrected chi connectivity index (χ2v) is 6.45. The summed E-state index contributed by atoms with van der Waals surface area (Å²) in [4.78, 5) is 7.17. The third-order valence-electron chi connectivity index (χ3n) is 4.56. The van der Waals surface area contributed by atoms with Crippen LogP contribution >= 0.6 is 0 Å². The van der Waals surface area contributed by atoms with Crippen LogP contribution < -0.4 is 5.32 Å². The largest absolute Gasteiger partial charge is 0.312 e. The van der Waals surface area contributed by atoms with Gasteiger partial charge in [0, 0.05) is 24.3 Å². The quantitative estimate of drug-likeness (QED) is 0.812. The Labute approximate surface area is 130 Å². The van der Waals surface area contributed by atoms with Crippen LogP contribution in [0.3, 0.4) is 0 Å². The van der Waals surface area contributed by atoms with Crippen LogP contribution in [0, 0.1) is 6.92 Å². The molecule has 2 atom stereocenters. The number of rotatable bonds is 6. The first-order valence-corrected chi connectivity index (χ1v) is 8.57. The Morgan fingerprint density at radius 1 is 1.24 bits per heavy atom. The fourth-order valence-corrected chi connectivity index (χ4v) is 3.44. The van der Waals surface area contributed by atoms with E-state index < -0.39 is 0 Å². The van der Waals surface area contributed by atoms with E-state index in [1.165, 1.54) is 44.2 Å². The molecule has 0 bridgehead atoms. The van der Waals surface area contributed by atoms with Crippen molar-refractivity contribution >= 4 is 0 Å². The molecule has 118 valence electrons. The monoisotopic (exact) mass is 289 g/mol. The SMILES string of the molecule is CCCNC1CCCCCC1N(C)Cc1cccc(C)n1. The molecule has 0 aromatic carbocycles. The molecule has 0 radical (unpaired) electrons. The minimum Gasteiger partial charge on any atom is -0.312 e. The van der Waals surface area contributed by atoms with Crippen molar-refractivity contribution in [3.05, 3.63) is 29.6 Å². The summed E-state index contributed by atoms with van der Waals surface area (Å²) in [6.45, 7) is 6.41. The summed E-state index contributed by atoms with van der Waals surface area (Å²) in [5, 5.41) is 3.78. The Balaban J connectivity index is 2.00. The molecule has 0 aliphatic heterocycles. The van der Waals surface area contributed by atoms with Crippen molar-refractivity contribution in [3.8, 4) is 0 Å². The molecule has 1 aromatic rings. The van der Waals surface area contributed by atoms with Gasteiger partial charge in [0.2, 0.25) is 0 Å². The molecule has 21 heavy (non-hydrogen) atoms. The van der Waals surface area contributed by atoms with E-state index in [4.69, 9.17) is 0 Å². The summed E-state index contributed by atoms with van der Waals surface area (Å²) < 4.78 is 0. The lowest BCUT2D eigenvalue weighted by atomic mass is 10.0. The highest BCUT2D eigenvalue weighted by Crippen LogP contribution is 2.23. The van der Waals surface area contributed by atoms with Crippen LogP contribution in [-0.4, -0.2) is 35.6 Å². The van der Waals surface area contributed by atoms with Gasteiger partial charge < -0.3 is 5.32 Å². The molecule has 1 aromatic heterocycles. The average Bonchev–Trinajstić information content (AvgIpc) is 2.70. The molecular formula is C18H31N3. The standard InChI is InChI=1S/C18H31N3/c1-4-13-19-17-11-6-5-7-12-18(17)21(3)14-16-10-8-9-15(2)20-16/h8-10,17-19H,4-7,11-14H2,1-3H3. The molecule has 0 saturated heterocycles. The van der Waals surface area contributed by atoms with Crippen molar-refractivity contribution in [2.75, 3.05) is 13.6 Å². The van der Waals surface area contributed by atoms with E-state index in [0.29, 0.717) is 12.1 Å². The Hall–Kier alpha value is -0.930. The Kier molecular flexibility index (Phi) is 6.65. The summed E-state index contributed by atoms with van der Waals surface area (Å²) in [6.07, 6.45) is 7.96. The summed E-state index contributed by atoms with van der Waals surface area (Å²) >= 11 is 0. The van der Waals surface area contributed by atoms with Crippen molar-refractivity contribution in [3.63, 3.8) is 0 Å². The summed E-state index contributed by atoms with van der Waals surface area (Å²) in [7, 11) is 2.26. The minimum absolute atomic E-state index is 0.640. The van der Waals surface area contributed by atoms with Gasteiger partial charge in [0.05, 0.1) is 5.69 Å². The van der Waals surface area contributed by atoms with E-state index in [9.17, 15) is 0 Å². The van der Waals surface area contributed by atoms with Crippen LogP contribution in [0.2, 0.25) is 0 Å². The number of aryl methyl sites for hydroxylation is 1. The second kappa shape index (κ2) is 8.50. The number of nitrogens with zero attached hydrogens (tertiary/aromatic N) is 2. The van der Waals surface area contributed by atoms with Crippen LogP contribution in [0.15, 0.2) is 18.2 Å². The first kappa shape index (κ1) is 16.4. The van der Waals surface area contributed by atoms with E-state index in [1.807, 2.05) is 0 Å². The third-order valence-corrected chi connectivity index (χ3v) is 4.56. The van der Waals surface area contributed by atoms with Gasteiger partial charge >= 0.3 is 0 Å². The van der Waals surface area contributed by atoms with Crippen LogP contribution in [-0.2, 0) is 6.54 Å². The molecule has 0 amide bonds. The van der Waals surface area contributed by atoms with E-state index in [-0.39, 0.29) is 0 Å². The van der Waals surface area contributed by atoms with Crippen LogP contribution in [0.4, 0.5) is 0 Å². The lowest BCUT2D eigenvalue weighted by Crippen LogP contribution is -2.48. The Morgan fingerprint density at radius 3 is 2.81 bits per heavy atom. The van der Waals surface area contributed by atoms with Gasteiger partial charge in [-0.2, -0.15) is 0 Å². The van der Waals surface area contributed by atoms with Gasteiger partial charge in [0.15, 0.2) is 0 Å². The van der Waals surface area contributed by atoms with Gasteiger partial charge in [-0.15, -0.1) is 0 Å². The number of likely N-dealkylation sites (N-methyl/N-ethyl adjacent to an activating group) is 1. The maximum atomic E-state index is 4.66. The van der Waals surface area contributed by atoms with Crippen LogP contribution in [0.1, 0.15) is 56.8 Å². The number of pyridine rings is 1. The Morgan fingerprint density at radius 2 is 2.05 bits per heavy atom. The normalized spacial score (nSPS) is 23.2. The fraction of sp³-hybridized carbons (Fsp3) is 0.722. The smallest absolute Gasteiger partial charge is 0.0547 e. The lowest BCUT2D eigenvalue weighted by molar-refractivity contribution is 0.173. The van der Waals surface area contributed by atoms with Crippen LogP contribution in [0.25, 0.3) is 0 Å². The molecule has 3 heteroatoms. The molecule has 1 aliphatic carbocycles. The summed E-state index contributed by atoms with van der Waals surface area (Å²) in [5.41, 5.74) is 2.30. The van der Waals surface area contributed by atoms with Crippen molar-refractivity contribution in [2.24, 2.45) is 0 Å². The predicted molar refractivity (Wildman–Crippen MR) is 89.4 cm³/mol. The number of hydrogen-bond acceptors (Lipinski definition) is 3. The summed E-state index contributed by atoms with van der Waals surface area (Å²) in [5.74, 6) is 0. The number of nitrogens with one attached hydrogen (secondary N) is 1. The lowest BCUT2D eigenvalue weighted by Gasteiger charge is -2.34. The molecule has 1 fully saturated rings. The molecule has 1 saturated carbocycles. The third kappa shape index (κ3) is 5.08. The van der Waals surface area contributed by atoms with E-state index >= 15 is 0 Å². The molecule has 1 aliphatic rings. The molecule has 2 rings (SSSR count). The number of aromatic nitrogens is 1. The number of hydrogen-bond donors (Lipinski definition) is 1.